The lowest BCUT2D eigenvalue weighted by molar-refractivity contribution is 0.721. The summed E-state index contributed by atoms with van der Waals surface area (Å²) in [5.74, 6) is 0. The highest BCUT2D eigenvalue weighted by Crippen LogP contribution is 2.22. The molecule has 3 rings (SSSR count). The first-order valence-corrected chi connectivity index (χ1v) is 7.44. The van der Waals surface area contributed by atoms with Crippen LogP contribution in [0, 0.1) is 13.8 Å². The van der Waals surface area contributed by atoms with Crippen molar-refractivity contribution in [1.82, 2.24) is 0 Å². The Balaban J connectivity index is 1.85. The van der Waals surface area contributed by atoms with Crippen molar-refractivity contribution in [2.45, 2.75) is 26.3 Å². The molecule has 3 aromatic carbocycles. The summed E-state index contributed by atoms with van der Waals surface area (Å²) in [6, 6.07) is 21.6. The minimum absolute atomic E-state index is 0.0467. The van der Waals surface area contributed by atoms with Crippen LogP contribution in [0.5, 0.6) is 0 Å². The average molecular weight is 275 g/mol. The van der Waals surface area contributed by atoms with E-state index in [1.807, 2.05) is 0 Å². The van der Waals surface area contributed by atoms with E-state index in [0.717, 1.165) is 6.42 Å². The molecule has 0 amide bonds. The van der Waals surface area contributed by atoms with Crippen LogP contribution < -0.4 is 5.73 Å². The van der Waals surface area contributed by atoms with Crippen LogP contribution in [0.1, 0.15) is 28.3 Å². The molecule has 2 N–H and O–H groups in total. The first-order chi connectivity index (χ1) is 10.1. The molecule has 3 aromatic rings. The SMILES string of the molecule is Cc1ccc(C(N)Cc2ccc3ccccc3c2)cc1C. The molecular formula is C20H21N. The molecule has 1 heteroatoms. The number of fused-ring (bicyclic) bond motifs is 1. The lowest BCUT2D eigenvalue weighted by Crippen LogP contribution is -2.13. The van der Waals surface area contributed by atoms with E-state index in [4.69, 9.17) is 5.73 Å². The molecule has 0 saturated carbocycles. The topological polar surface area (TPSA) is 26.0 Å². The highest BCUT2D eigenvalue weighted by molar-refractivity contribution is 5.83. The van der Waals surface area contributed by atoms with Gasteiger partial charge in [-0.15, -0.1) is 0 Å². The van der Waals surface area contributed by atoms with Crippen molar-refractivity contribution < 1.29 is 0 Å². The van der Waals surface area contributed by atoms with Crippen molar-refractivity contribution in [3.05, 3.63) is 82.9 Å². The minimum atomic E-state index is 0.0467. The fourth-order valence-electron chi connectivity index (χ4n) is 2.73. The third kappa shape index (κ3) is 2.98. The molecule has 0 fully saturated rings. The smallest absolute Gasteiger partial charge is 0.0335 e. The molecule has 0 aromatic heterocycles. The molecule has 21 heavy (non-hydrogen) atoms. The van der Waals surface area contributed by atoms with Crippen LogP contribution >= 0.6 is 0 Å². The summed E-state index contributed by atoms with van der Waals surface area (Å²) in [7, 11) is 0. The van der Waals surface area contributed by atoms with Gasteiger partial charge in [0.15, 0.2) is 0 Å². The van der Waals surface area contributed by atoms with Gasteiger partial charge in [-0.3, -0.25) is 0 Å². The van der Waals surface area contributed by atoms with E-state index < -0.39 is 0 Å². The Bertz CT molecular complexity index is 774. The number of nitrogens with two attached hydrogens (primary N) is 1. The average Bonchev–Trinajstić information content (AvgIpc) is 2.50. The third-order valence-electron chi connectivity index (χ3n) is 4.23. The van der Waals surface area contributed by atoms with Crippen LogP contribution in [0.25, 0.3) is 10.8 Å². The van der Waals surface area contributed by atoms with E-state index in [1.165, 1.54) is 33.0 Å². The second kappa shape index (κ2) is 5.71. The predicted octanol–water partition coefficient (Wildman–Crippen LogP) is 4.70. The third-order valence-corrected chi connectivity index (χ3v) is 4.23. The van der Waals surface area contributed by atoms with Crippen molar-refractivity contribution >= 4 is 10.8 Å². The number of aryl methyl sites for hydroxylation is 2. The van der Waals surface area contributed by atoms with Gasteiger partial charge in [0.05, 0.1) is 0 Å². The van der Waals surface area contributed by atoms with Crippen LogP contribution in [-0.4, -0.2) is 0 Å². The molecule has 106 valence electrons. The maximum atomic E-state index is 6.39. The maximum absolute atomic E-state index is 6.39. The van der Waals surface area contributed by atoms with Gasteiger partial charge in [0.2, 0.25) is 0 Å². The molecule has 0 saturated heterocycles. The summed E-state index contributed by atoms with van der Waals surface area (Å²) < 4.78 is 0. The highest BCUT2D eigenvalue weighted by Gasteiger charge is 2.08. The summed E-state index contributed by atoms with van der Waals surface area (Å²) >= 11 is 0. The lowest BCUT2D eigenvalue weighted by Gasteiger charge is -2.14. The van der Waals surface area contributed by atoms with Gasteiger partial charge in [0.25, 0.3) is 0 Å². The van der Waals surface area contributed by atoms with Gasteiger partial charge in [-0.1, -0.05) is 60.7 Å². The Hall–Kier alpha value is -2.12. The van der Waals surface area contributed by atoms with Gasteiger partial charge in [0, 0.05) is 6.04 Å². The minimum Gasteiger partial charge on any atom is -0.324 e. The highest BCUT2D eigenvalue weighted by atomic mass is 14.6. The number of hydrogen-bond donors (Lipinski definition) is 1. The molecule has 0 heterocycles. The summed E-state index contributed by atoms with van der Waals surface area (Å²) in [5, 5.41) is 2.56. The van der Waals surface area contributed by atoms with Crippen LogP contribution in [-0.2, 0) is 6.42 Å². The summed E-state index contributed by atoms with van der Waals surface area (Å²) in [4.78, 5) is 0. The Kier molecular flexibility index (Phi) is 3.76. The quantitative estimate of drug-likeness (QED) is 0.736. The monoisotopic (exact) mass is 275 g/mol. The van der Waals surface area contributed by atoms with E-state index in [9.17, 15) is 0 Å². The Morgan fingerprint density at radius 1 is 0.810 bits per heavy atom. The molecule has 0 aliphatic rings. The fourth-order valence-corrected chi connectivity index (χ4v) is 2.73. The Morgan fingerprint density at radius 2 is 1.57 bits per heavy atom. The first kappa shape index (κ1) is 13.8. The first-order valence-electron chi connectivity index (χ1n) is 7.44. The van der Waals surface area contributed by atoms with E-state index >= 15 is 0 Å². The molecule has 0 aliphatic heterocycles. The van der Waals surface area contributed by atoms with Crippen molar-refractivity contribution in [1.29, 1.82) is 0 Å². The zero-order valence-electron chi connectivity index (χ0n) is 12.6. The summed E-state index contributed by atoms with van der Waals surface area (Å²) in [6.07, 6.45) is 0.868. The maximum Gasteiger partial charge on any atom is 0.0335 e. The van der Waals surface area contributed by atoms with Crippen molar-refractivity contribution in [3.8, 4) is 0 Å². The van der Waals surface area contributed by atoms with E-state index in [0.29, 0.717) is 0 Å². The van der Waals surface area contributed by atoms with Crippen molar-refractivity contribution in [2.75, 3.05) is 0 Å². The molecular weight excluding hydrogens is 254 g/mol. The van der Waals surface area contributed by atoms with Gasteiger partial charge in [0.1, 0.15) is 0 Å². The van der Waals surface area contributed by atoms with Gasteiger partial charge in [-0.25, -0.2) is 0 Å². The summed E-state index contributed by atoms with van der Waals surface area (Å²) in [6.45, 7) is 4.27. The molecule has 0 radical (unpaired) electrons. The number of benzene rings is 3. The zero-order valence-corrected chi connectivity index (χ0v) is 12.6. The normalized spacial score (nSPS) is 12.5. The molecule has 0 spiro atoms. The van der Waals surface area contributed by atoms with Crippen LogP contribution in [0.3, 0.4) is 0 Å². The lowest BCUT2D eigenvalue weighted by atomic mass is 9.95. The summed E-state index contributed by atoms with van der Waals surface area (Å²) in [5.41, 5.74) is 11.5. The second-order valence-electron chi connectivity index (χ2n) is 5.84. The zero-order chi connectivity index (χ0) is 14.8. The van der Waals surface area contributed by atoms with Crippen LogP contribution in [0.2, 0.25) is 0 Å². The van der Waals surface area contributed by atoms with Crippen LogP contribution in [0.4, 0.5) is 0 Å². The van der Waals surface area contributed by atoms with Gasteiger partial charge < -0.3 is 5.73 Å². The Morgan fingerprint density at radius 3 is 2.33 bits per heavy atom. The second-order valence-corrected chi connectivity index (χ2v) is 5.84. The van der Waals surface area contributed by atoms with E-state index in [2.05, 4.69) is 74.5 Å². The molecule has 0 aliphatic carbocycles. The Labute approximate surface area is 126 Å². The predicted molar refractivity (Wildman–Crippen MR) is 90.5 cm³/mol. The van der Waals surface area contributed by atoms with Crippen molar-refractivity contribution in [3.63, 3.8) is 0 Å². The van der Waals surface area contributed by atoms with Crippen LogP contribution in [0.15, 0.2) is 60.7 Å². The van der Waals surface area contributed by atoms with Gasteiger partial charge in [-0.05, 0) is 53.3 Å². The molecule has 1 nitrogen and oxygen atoms in total. The fraction of sp³-hybridized carbons (Fsp3) is 0.200. The van der Waals surface area contributed by atoms with E-state index in [1.54, 1.807) is 0 Å². The molecule has 1 unspecified atom stereocenters. The number of rotatable bonds is 3. The largest absolute Gasteiger partial charge is 0.324 e. The van der Waals surface area contributed by atoms with Gasteiger partial charge in [-0.2, -0.15) is 0 Å². The van der Waals surface area contributed by atoms with E-state index in [-0.39, 0.29) is 6.04 Å². The van der Waals surface area contributed by atoms with Gasteiger partial charge >= 0.3 is 0 Å². The number of hydrogen-bond acceptors (Lipinski definition) is 1. The van der Waals surface area contributed by atoms with Crippen molar-refractivity contribution in [2.24, 2.45) is 5.73 Å². The molecule has 1 atom stereocenters. The standard InChI is InChI=1S/C20H21N/c1-14-7-9-19(11-15(14)2)20(21)13-16-8-10-17-5-3-4-6-18(17)12-16/h3-12,20H,13,21H2,1-2H3. The molecule has 0 bridgehead atoms.